The Hall–Kier alpha value is -2.81. The molecule has 2 aromatic carbocycles. The van der Waals surface area contributed by atoms with Gasteiger partial charge in [0.15, 0.2) is 0 Å². The summed E-state index contributed by atoms with van der Waals surface area (Å²) in [6.07, 6.45) is 5.10. The quantitative estimate of drug-likeness (QED) is 0.513. The highest BCUT2D eigenvalue weighted by Gasteiger charge is 2.13. The van der Waals surface area contributed by atoms with E-state index < -0.39 is 5.97 Å². The Morgan fingerprint density at radius 3 is 2.33 bits per heavy atom. The van der Waals surface area contributed by atoms with E-state index in [9.17, 15) is 9.90 Å². The van der Waals surface area contributed by atoms with Gasteiger partial charge in [-0.25, -0.2) is 4.79 Å². The fourth-order valence-corrected chi connectivity index (χ4v) is 1.98. The highest BCUT2D eigenvalue weighted by molar-refractivity contribution is 6.16. The highest BCUT2D eigenvalue weighted by Crippen LogP contribution is 2.22. The number of carboxylic acid groups (broad SMARTS) is 1. The van der Waals surface area contributed by atoms with Crippen LogP contribution in [0.4, 0.5) is 0 Å². The molecule has 0 aromatic heterocycles. The number of benzene rings is 2. The lowest BCUT2D eigenvalue weighted by atomic mass is 9.99. The number of carboxylic acids is 1. The SMILES string of the molecule is CO/C=C(/C(=O)O)c1ccccc1C=Cc1ccccc1. The fourth-order valence-electron chi connectivity index (χ4n) is 1.98. The van der Waals surface area contributed by atoms with Crippen LogP contribution in [0, 0.1) is 0 Å². The van der Waals surface area contributed by atoms with E-state index in [2.05, 4.69) is 0 Å². The zero-order chi connectivity index (χ0) is 15.1. The molecule has 0 aliphatic heterocycles. The number of rotatable bonds is 5. The standard InChI is InChI=1S/C18H16O3/c1-21-13-17(18(19)20)16-10-6-5-9-15(16)12-11-14-7-3-2-4-8-14/h2-13H,1H3,(H,19,20)/b12-11?,17-13+. The molecular weight excluding hydrogens is 264 g/mol. The van der Waals surface area contributed by atoms with Crippen molar-refractivity contribution in [2.45, 2.75) is 0 Å². The number of ether oxygens (including phenoxy) is 1. The highest BCUT2D eigenvalue weighted by atomic mass is 16.5. The van der Waals surface area contributed by atoms with Crippen molar-refractivity contribution in [1.29, 1.82) is 0 Å². The van der Waals surface area contributed by atoms with Crippen LogP contribution in [0.2, 0.25) is 0 Å². The van der Waals surface area contributed by atoms with Crippen LogP contribution < -0.4 is 0 Å². The Kier molecular flexibility index (Phi) is 4.94. The number of methoxy groups -OCH3 is 1. The molecule has 2 aromatic rings. The molecule has 106 valence electrons. The van der Waals surface area contributed by atoms with Gasteiger partial charge in [-0.1, -0.05) is 66.7 Å². The van der Waals surface area contributed by atoms with Gasteiger partial charge in [-0.3, -0.25) is 0 Å². The van der Waals surface area contributed by atoms with Crippen LogP contribution in [0.15, 0.2) is 60.9 Å². The van der Waals surface area contributed by atoms with Gasteiger partial charge < -0.3 is 9.84 Å². The van der Waals surface area contributed by atoms with Crippen LogP contribution in [0.25, 0.3) is 17.7 Å². The van der Waals surface area contributed by atoms with Crippen LogP contribution >= 0.6 is 0 Å². The Balaban J connectivity index is 2.39. The first-order valence-corrected chi connectivity index (χ1v) is 6.51. The lowest BCUT2D eigenvalue weighted by molar-refractivity contribution is -0.130. The van der Waals surface area contributed by atoms with Gasteiger partial charge in [0.2, 0.25) is 0 Å². The molecule has 0 aliphatic rings. The first kappa shape index (κ1) is 14.6. The molecule has 0 bridgehead atoms. The smallest absolute Gasteiger partial charge is 0.339 e. The Bertz CT molecular complexity index is 670. The summed E-state index contributed by atoms with van der Waals surface area (Å²) in [5.41, 5.74) is 2.64. The fraction of sp³-hybridized carbons (Fsp3) is 0.0556. The lowest BCUT2D eigenvalue weighted by Gasteiger charge is -2.06. The molecular formula is C18H16O3. The topological polar surface area (TPSA) is 46.5 Å². The van der Waals surface area contributed by atoms with E-state index in [4.69, 9.17) is 4.74 Å². The minimum atomic E-state index is -1.02. The summed E-state index contributed by atoms with van der Waals surface area (Å²) in [5, 5.41) is 9.30. The first-order chi connectivity index (χ1) is 10.2. The molecule has 0 unspecified atom stereocenters. The molecule has 0 fully saturated rings. The summed E-state index contributed by atoms with van der Waals surface area (Å²) < 4.78 is 4.87. The van der Waals surface area contributed by atoms with Gasteiger partial charge in [-0.15, -0.1) is 0 Å². The molecule has 2 rings (SSSR count). The van der Waals surface area contributed by atoms with Gasteiger partial charge in [-0.05, 0) is 16.7 Å². The minimum Gasteiger partial charge on any atom is -0.503 e. The summed E-state index contributed by atoms with van der Waals surface area (Å²) in [6, 6.07) is 17.2. The van der Waals surface area contributed by atoms with Gasteiger partial charge in [-0.2, -0.15) is 0 Å². The lowest BCUT2D eigenvalue weighted by Crippen LogP contribution is -2.02. The van der Waals surface area contributed by atoms with Crippen LogP contribution in [0.3, 0.4) is 0 Å². The van der Waals surface area contributed by atoms with Gasteiger partial charge in [0, 0.05) is 0 Å². The van der Waals surface area contributed by atoms with Crippen molar-refractivity contribution in [2.24, 2.45) is 0 Å². The second kappa shape index (κ2) is 7.10. The monoisotopic (exact) mass is 280 g/mol. The maximum Gasteiger partial charge on any atom is 0.339 e. The summed E-state index contributed by atoms with van der Waals surface area (Å²) in [6.45, 7) is 0. The Morgan fingerprint density at radius 2 is 1.67 bits per heavy atom. The first-order valence-electron chi connectivity index (χ1n) is 6.51. The number of carbonyl (C=O) groups is 1. The third kappa shape index (κ3) is 3.83. The van der Waals surface area contributed by atoms with Crippen molar-refractivity contribution in [3.05, 3.63) is 77.5 Å². The third-order valence-corrected chi connectivity index (χ3v) is 2.97. The maximum absolute atomic E-state index is 11.3. The van der Waals surface area contributed by atoms with E-state index >= 15 is 0 Å². The summed E-state index contributed by atoms with van der Waals surface area (Å²) in [5.74, 6) is -1.02. The van der Waals surface area contributed by atoms with Gasteiger partial charge in [0.05, 0.1) is 13.4 Å². The second-order valence-corrected chi connectivity index (χ2v) is 4.40. The van der Waals surface area contributed by atoms with Crippen LogP contribution in [0.1, 0.15) is 16.7 Å². The van der Waals surface area contributed by atoms with Crippen molar-refractivity contribution >= 4 is 23.7 Å². The van der Waals surface area contributed by atoms with Crippen molar-refractivity contribution in [2.75, 3.05) is 7.11 Å². The second-order valence-electron chi connectivity index (χ2n) is 4.40. The molecule has 1 N–H and O–H groups in total. The minimum absolute atomic E-state index is 0.130. The Morgan fingerprint density at radius 1 is 1.00 bits per heavy atom. The van der Waals surface area contributed by atoms with Gasteiger partial charge in [0.1, 0.15) is 5.57 Å². The van der Waals surface area contributed by atoms with Crippen LogP contribution in [-0.2, 0) is 9.53 Å². The largest absolute Gasteiger partial charge is 0.503 e. The summed E-state index contributed by atoms with van der Waals surface area (Å²) in [7, 11) is 1.44. The molecule has 0 radical (unpaired) electrons. The van der Waals surface area contributed by atoms with Crippen molar-refractivity contribution in [3.8, 4) is 0 Å². The molecule has 0 atom stereocenters. The molecule has 0 saturated carbocycles. The Labute approximate surface area is 123 Å². The zero-order valence-electron chi connectivity index (χ0n) is 11.7. The maximum atomic E-state index is 11.3. The normalized spacial score (nSPS) is 11.6. The third-order valence-electron chi connectivity index (χ3n) is 2.97. The predicted molar refractivity (Wildman–Crippen MR) is 84.4 cm³/mol. The number of hydrogen-bond donors (Lipinski definition) is 1. The molecule has 0 saturated heterocycles. The molecule has 0 amide bonds. The molecule has 3 nitrogen and oxygen atoms in total. The van der Waals surface area contributed by atoms with E-state index in [1.807, 2.05) is 60.7 Å². The number of aliphatic carboxylic acids is 1. The molecule has 0 aliphatic carbocycles. The molecule has 0 heterocycles. The van der Waals surface area contributed by atoms with Gasteiger partial charge in [0.25, 0.3) is 0 Å². The summed E-state index contributed by atoms with van der Waals surface area (Å²) >= 11 is 0. The zero-order valence-corrected chi connectivity index (χ0v) is 11.7. The molecule has 21 heavy (non-hydrogen) atoms. The van der Waals surface area contributed by atoms with Gasteiger partial charge >= 0.3 is 5.97 Å². The number of hydrogen-bond acceptors (Lipinski definition) is 2. The van der Waals surface area contributed by atoms with Crippen molar-refractivity contribution < 1.29 is 14.6 Å². The van der Waals surface area contributed by atoms with E-state index in [-0.39, 0.29) is 5.57 Å². The van der Waals surface area contributed by atoms with Crippen LogP contribution in [-0.4, -0.2) is 18.2 Å². The van der Waals surface area contributed by atoms with E-state index in [1.165, 1.54) is 13.4 Å². The average molecular weight is 280 g/mol. The molecule has 0 spiro atoms. The van der Waals surface area contributed by atoms with E-state index in [0.29, 0.717) is 5.56 Å². The molecule has 3 heteroatoms. The van der Waals surface area contributed by atoms with E-state index in [0.717, 1.165) is 11.1 Å². The summed E-state index contributed by atoms with van der Waals surface area (Å²) in [4.78, 5) is 11.3. The van der Waals surface area contributed by atoms with Crippen molar-refractivity contribution in [3.63, 3.8) is 0 Å². The van der Waals surface area contributed by atoms with Crippen LogP contribution in [0.5, 0.6) is 0 Å². The van der Waals surface area contributed by atoms with Crippen molar-refractivity contribution in [1.82, 2.24) is 0 Å². The van der Waals surface area contributed by atoms with E-state index in [1.54, 1.807) is 6.07 Å². The average Bonchev–Trinajstić information content (AvgIpc) is 2.52. The predicted octanol–water partition coefficient (Wildman–Crippen LogP) is 3.93.